The van der Waals surface area contributed by atoms with Crippen LogP contribution in [0.2, 0.25) is 5.02 Å². The van der Waals surface area contributed by atoms with Crippen LogP contribution in [-0.4, -0.2) is 14.8 Å². The van der Waals surface area contributed by atoms with Crippen molar-refractivity contribution in [3.63, 3.8) is 0 Å². The van der Waals surface area contributed by atoms with Gasteiger partial charge in [0.05, 0.1) is 17.3 Å². The summed E-state index contributed by atoms with van der Waals surface area (Å²) in [6.45, 7) is 0.611. The molecule has 0 atom stereocenters. The van der Waals surface area contributed by atoms with E-state index in [2.05, 4.69) is 15.5 Å². The van der Waals surface area contributed by atoms with Crippen molar-refractivity contribution >= 4 is 17.3 Å². The number of benzene rings is 1. The van der Waals surface area contributed by atoms with Crippen LogP contribution in [-0.2, 0) is 13.6 Å². The van der Waals surface area contributed by atoms with Crippen LogP contribution in [0.4, 0.5) is 5.69 Å². The number of aryl methyl sites for hydroxylation is 1. The highest BCUT2D eigenvalue weighted by Gasteiger charge is 2.01. The molecular formula is C10H11ClN4. The zero-order valence-electron chi connectivity index (χ0n) is 8.31. The van der Waals surface area contributed by atoms with Crippen molar-refractivity contribution in [2.45, 2.75) is 6.54 Å². The molecule has 1 heterocycles. The maximum absolute atomic E-state index is 6.00. The first kappa shape index (κ1) is 9.98. The number of hydrogen-bond donors (Lipinski definition) is 1. The van der Waals surface area contributed by atoms with Gasteiger partial charge < -0.3 is 9.88 Å². The molecule has 2 aromatic rings. The highest BCUT2D eigenvalue weighted by Crippen LogP contribution is 2.20. The Morgan fingerprint density at radius 3 is 2.87 bits per heavy atom. The molecule has 1 aromatic carbocycles. The Hall–Kier alpha value is -1.55. The van der Waals surface area contributed by atoms with Crippen LogP contribution in [0.15, 0.2) is 30.6 Å². The molecule has 1 N–H and O–H groups in total. The summed E-state index contributed by atoms with van der Waals surface area (Å²) in [5, 5.41) is 11.7. The molecule has 78 valence electrons. The number of nitrogens with one attached hydrogen (secondary N) is 1. The van der Waals surface area contributed by atoms with Crippen molar-refractivity contribution in [2.75, 3.05) is 5.32 Å². The SMILES string of the molecule is Cn1cnnc1CNc1ccccc1Cl. The van der Waals surface area contributed by atoms with Gasteiger partial charge in [-0.3, -0.25) is 0 Å². The Labute approximate surface area is 92.9 Å². The molecular weight excluding hydrogens is 212 g/mol. The van der Waals surface area contributed by atoms with Crippen molar-refractivity contribution < 1.29 is 0 Å². The first-order valence-electron chi connectivity index (χ1n) is 4.58. The van der Waals surface area contributed by atoms with Gasteiger partial charge in [-0.2, -0.15) is 0 Å². The predicted octanol–water partition coefficient (Wildman–Crippen LogP) is 2.08. The van der Waals surface area contributed by atoms with Crippen LogP contribution < -0.4 is 5.32 Å². The molecule has 0 saturated carbocycles. The molecule has 0 saturated heterocycles. The number of anilines is 1. The summed E-state index contributed by atoms with van der Waals surface area (Å²) in [6.07, 6.45) is 1.67. The minimum absolute atomic E-state index is 0.611. The van der Waals surface area contributed by atoms with Gasteiger partial charge in [-0.05, 0) is 12.1 Å². The lowest BCUT2D eigenvalue weighted by Gasteiger charge is -2.06. The van der Waals surface area contributed by atoms with Crippen LogP contribution in [0.25, 0.3) is 0 Å². The lowest BCUT2D eigenvalue weighted by Crippen LogP contribution is -2.05. The Bertz CT molecular complexity index is 452. The van der Waals surface area contributed by atoms with Gasteiger partial charge in [-0.1, -0.05) is 23.7 Å². The van der Waals surface area contributed by atoms with Gasteiger partial charge in [0.1, 0.15) is 6.33 Å². The minimum Gasteiger partial charge on any atom is -0.377 e. The Morgan fingerprint density at radius 1 is 1.40 bits per heavy atom. The van der Waals surface area contributed by atoms with E-state index in [-0.39, 0.29) is 0 Å². The van der Waals surface area contributed by atoms with Crippen molar-refractivity contribution in [1.29, 1.82) is 0 Å². The number of para-hydroxylation sites is 1. The van der Waals surface area contributed by atoms with Crippen LogP contribution >= 0.6 is 11.6 Å². The molecule has 0 unspecified atom stereocenters. The lowest BCUT2D eigenvalue weighted by atomic mass is 10.3. The van der Waals surface area contributed by atoms with Gasteiger partial charge in [-0.25, -0.2) is 0 Å². The molecule has 0 radical (unpaired) electrons. The second-order valence-electron chi connectivity index (χ2n) is 3.19. The molecule has 4 nitrogen and oxygen atoms in total. The average molecular weight is 223 g/mol. The third kappa shape index (κ3) is 2.27. The maximum atomic E-state index is 6.00. The zero-order valence-corrected chi connectivity index (χ0v) is 9.07. The lowest BCUT2D eigenvalue weighted by molar-refractivity contribution is 0.812. The summed E-state index contributed by atoms with van der Waals surface area (Å²) in [6, 6.07) is 7.61. The van der Waals surface area contributed by atoms with Gasteiger partial charge in [0.2, 0.25) is 0 Å². The van der Waals surface area contributed by atoms with E-state index < -0.39 is 0 Å². The number of aromatic nitrogens is 3. The summed E-state index contributed by atoms with van der Waals surface area (Å²) in [7, 11) is 1.91. The molecule has 0 aliphatic carbocycles. The number of hydrogen-bond acceptors (Lipinski definition) is 3. The average Bonchev–Trinajstić information content (AvgIpc) is 2.63. The fraction of sp³-hybridized carbons (Fsp3) is 0.200. The van der Waals surface area contributed by atoms with Crippen LogP contribution in [0.5, 0.6) is 0 Å². The van der Waals surface area contributed by atoms with Gasteiger partial charge in [0, 0.05) is 7.05 Å². The second kappa shape index (κ2) is 4.31. The Kier molecular flexibility index (Phi) is 2.87. The van der Waals surface area contributed by atoms with Gasteiger partial charge in [-0.15, -0.1) is 10.2 Å². The monoisotopic (exact) mass is 222 g/mol. The van der Waals surface area contributed by atoms with Crippen LogP contribution in [0, 0.1) is 0 Å². The van der Waals surface area contributed by atoms with E-state index in [1.807, 2.05) is 35.9 Å². The smallest absolute Gasteiger partial charge is 0.151 e. The second-order valence-corrected chi connectivity index (χ2v) is 3.60. The standard InChI is InChI=1S/C10H11ClN4/c1-15-7-13-14-10(15)6-12-9-5-3-2-4-8(9)11/h2-5,7,12H,6H2,1H3. The molecule has 0 bridgehead atoms. The number of nitrogens with zero attached hydrogens (tertiary/aromatic N) is 3. The van der Waals surface area contributed by atoms with Crippen molar-refractivity contribution in [1.82, 2.24) is 14.8 Å². The zero-order chi connectivity index (χ0) is 10.7. The summed E-state index contributed by atoms with van der Waals surface area (Å²) < 4.78 is 1.86. The Balaban J connectivity index is 2.06. The normalized spacial score (nSPS) is 10.3. The summed E-state index contributed by atoms with van der Waals surface area (Å²) in [5.41, 5.74) is 0.905. The first-order chi connectivity index (χ1) is 7.27. The summed E-state index contributed by atoms with van der Waals surface area (Å²) in [4.78, 5) is 0. The molecule has 0 amide bonds. The Morgan fingerprint density at radius 2 is 2.20 bits per heavy atom. The third-order valence-corrected chi connectivity index (χ3v) is 2.45. The summed E-state index contributed by atoms with van der Waals surface area (Å²) >= 11 is 6.00. The van der Waals surface area contributed by atoms with Crippen molar-refractivity contribution in [3.05, 3.63) is 41.4 Å². The van der Waals surface area contributed by atoms with Crippen LogP contribution in [0.3, 0.4) is 0 Å². The number of rotatable bonds is 3. The fourth-order valence-electron chi connectivity index (χ4n) is 1.25. The molecule has 0 aliphatic heterocycles. The maximum Gasteiger partial charge on any atom is 0.151 e. The molecule has 5 heteroatoms. The largest absolute Gasteiger partial charge is 0.377 e. The van der Waals surface area contributed by atoms with Crippen molar-refractivity contribution in [2.24, 2.45) is 7.05 Å². The van der Waals surface area contributed by atoms with Gasteiger partial charge in [0.25, 0.3) is 0 Å². The third-order valence-electron chi connectivity index (χ3n) is 2.12. The van der Waals surface area contributed by atoms with Gasteiger partial charge >= 0.3 is 0 Å². The molecule has 2 rings (SSSR count). The van der Waals surface area contributed by atoms with E-state index in [1.54, 1.807) is 6.33 Å². The van der Waals surface area contributed by atoms with E-state index >= 15 is 0 Å². The molecule has 1 aromatic heterocycles. The minimum atomic E-state index is 0.611. The van der Waals surface area contributed by atoms with Crippen LogP contribution in [0.1, 0.15) is 5.82 Å². The van der Waals surface area contributed by atoms with Gasteiger partial charge in [0.15, 0.2) is 5.82 Å². The van der Waals surface area contributed by atoms with Crippen molar-refractivity contribution in [3.8, 4) is 0 Å². The van der Waals surface area contributed by atoms with E-state index in [4.69, 9.17) is 11.6 Å². The fourth-order valence-corrected chi connectivity index (χ4v) is 1.45. The highest BCUT2D eigenvalue weighted by atomic mass is 35.5. The number of halogens is 1. The quantitative estimate of drug-likeness (QED) is 0.865. The highest BCUT2D eigenvalue weighted by molar-refractivity contribution is 6.33. The molecule has 0 spiro atoms. The predicted molar refractivity (Wildman–Crippen MR) is 59.8 cm³/mol. The van der Waals surface area contributed by atoms with E-state index in [9.17, 15) is 0 Å². The molecule has 0 fully saturated rings. The molecule has 15 heavy (non-hydrogen) atoms. The molecule has 0 aliphatic rings. The van der Waals surface area contributed by atoms with E-state index in [0.29, 0.717) is 11.6 Å². The summed E-state index contributed by atoms with van der Waals surface area (Å²) in [5.74, 6) is 0.870. The first-order valence-corrected chi connectivity index (χ1v) is 4.96. The van der Waals surface area contributed by atoms with E-state index in [0.717, 1.165) is 11.5 Å². The van der Waals surface area contributed by atoms with E-state index in [1.165, 1.54) is 0 Å². The topological polar surface area (TPSA) is 42.7 Å².